The summed E-state index contributed by atoms with van der Waals surface area (Å²) in [5.74, 6) is 0.809. The molecule has 6 heteroatoms. The van der Waals surface area contributed by atoms with Crippen molar-refractivity contribution in [2.45, 2.75) is 12.6 Å². The summed E-state index contributed by atoms with van der Waals surface area (Å²) in [5.41, 5.74) is 5.60. The number of hydrogen-bond acceptors (Lipinski definition) is 5. The molecule has 1 aromatic heterocycles. The first kappa shape index (κ1) is 22.7. The highest BCUT2D eigenvalue weighted by Gasteiger charge is 2.17. The maximum atomic E-state index is 6.20. The van der Waals surface area contributed by atoms with Gasteiger partial charge in [0.1, 0.15) is 5.75 Å². The van der Waals surface area contributed by atoms with E-state index in [1.165, 1.54) is 11.1 Å². The zero-order valence-electron chi connectivity index (χ0n) is 19.3. The highest BCUT2D eigenvalue weighted by molar-refractivity contribution is 6.30. The second-order valence-corrected chi connectivity index (χ2v) is 9.07. The van der Waals surface area contributed by atoms with Gasteiger partial charge in [-0.05, 0) is 53.1 Å². The van der Waals surface area contributed by atoms with Crippen LogP contribution in [0.5, 0.6) is 5.75 Å². The van der Waals surface area contributed by atoms with Crippen molar-refractivity contribution in [3.05, 3.63) is 101 Å². The number of nitrogens with zero attached hydrogens (tertiary/aromatic N) is 2. The van der Waals surface area contributed by atoms with Gasteiger partial charge in [-0.15, -0.1) is 0 Å². The quantitative estimate of drug-likeness (QED) is 0.371. The molecular formula is C28H29ClN4O. The van der Waals surface area contributed by atoms with E-state index in [2.05, 4.69) is 56.9 Å². The van der Waals surface area contributed by atoms with Crippen LogP contribution < -0.4 is 15.4 Å². The average molecular weight is 473 g/mol. The second kappa shape index (κ2) is 10.4. The van der Waals surface area contributed by atoms with Gasteiger partial charge < -0.3 is 15.4 Å². The summed E-state index contributed by atoms with van der Waals surface area (Å²) < 4.78 is 5.46. The Hall–Kier alpha value is -3.12. The van der Waals surface area contributed by atoms with Gasteiger partial charge in [0.05, 0.1) is 18.7 Å². The molecule has 0 amide bonds. The minimum absolute atomic E-state index is 0.0395. The van der Waals surface area contributed by atoms with Crippen molar-refractivity contribution in [1.82, 2.24) is 15.2 Å². The van der Waals surface area contributed by atoms with E-state index in [1.807, 2.05) is 42.6 Å². The molecule has 4 aromatic rings. The monoisotopic (exact) mass is 472 g/mol. The van der Waals surface area contributed by atoms with E-state index in [4.69, 9.17) is 16.3 Å². The third-order valence-corrected chi connectivity index (χ3v) is 6.63. The smallest absolute Gasteiger partial charge is 0.119 e. The fraction of sp³-hybridized carbons (Fsp3) is 0.250. The van der Waals surface area contributed by atoms with Crippen molar-refractivity contribution in [2.75, 3.05) is 38.6 Å². The fourth-order valence-electron chi connectivity index (χ4n) is 4.49. The molecule has 0 bridgehead atoms. The van der Waals surface area contributed by atoms with Crippen LogP contribution in [0.15, 0.2) is 79.0 Å². The number of methoxy groups -OCH3 is 1. The summed E-state index contributed by atoms with van der Waals surface area (Å²) in [4.78, 5) is 7.02. The van der Waals surface area contributed by atoms with Crippen LogP contribution in [-0.4, -0.2) is 43.2 Å². The van der Waals surface area contributed by atoms with E-state index in [1.54, 1.807) is 7.11 Å². The van der Waals surface area contributed by atoms with E-state index in [0.717, 1.165) is 65.6 Å². The molecule has 5 rings (SSSR count). The predicted molar refractivity (Wildman–Crippen MR) is 140 cm³/mol. The first-order valence-electron chi connectivity index (χ1n) is 11.7. The number of aromatic nitrogens is 1. The number of hydrogen-bond donors (Lipinski definition) is 2. The molecule has 1 aliphatic heterocycles. The SMILES string of the molecule is COc1ccc2nccc(NC(c3ccc(Cl)cc3)c3ccc(CN4CCNCC4)cc3)c2c1. The van der Waals surface area contributed by atoms with Crippen LogP contribution in [-0.2, 0) is 6.54 Å². The van der Waals surface area contributed by atoms with Crippen LogP contribution in [0.2, 0.25) is 5.02 Å². The van der Waals surface area contributed by atoms with Crippen molar-refractivity contribution < 1.29 is 4.74 Å². The summed E-state index contributed by atoms with van der Waals surface area (Å²) in [5, 5.41) is 8.94. The molecule has 174 valence electrons. The number of ether oxygens (including phenoxy) is 1. The summed E-state index contributed by atoms with van der Waals surface area (Å²) in [6, 6.07) is 24.9. The number of pyridine rings is 1. The summed E-state index contributed by atoms with van der Waals surface area (Å²) in [6.07, 6.45) is 1.84. The molecule has 34 heavy (non-hydrogen) atoms. The normalized spacial score (nSPS) is 15.2. The molecule has 1 saturated heterocycles. The fourth-order valence-corrected chi connectivity index (χ4v) is 4.62. The number of nitrogens with one attached hydrogen (secondary N) is 2. The van der Waals surface area contributed by atoms with Gasteiger partial charge in [0.2, 0.25) is 0 Å². The third kappa shape index (κ3) is 5.17. The van der Waals surface area contributed by atoms with Gasteiger partial charge in [-0.25, -0.2) is 0 Å². The highest BCUT2D eigenvalue weighted by Crippen LogP contribution is 2.32. The Morgan fingerprint density at radius 1 is 0.971 bits per heavy atom. The molecule has 0 radical (unpaired) electrons. The lowest BCUT2D eigenvalue weighted by atomic mass is 9.97. The van der Waals surface area contributed by atoms with Crippen LogP contribution >= 0.6 is 11.6 Å². The molecule has 1 atom stereocenters. The van der Waals surface area contributed by atoms with Crippen molar-refractivity contribution in [1.29, 1.82) is 0 Å². The van der Waals surface area contributed by atoms with Crippen LogP contribution in [0, 0.1) is 0 Å². The lowest BCUT2D eigenvalue weighted by Gasteiger charge is -2.27. The Labute approximate surface area is 205 Å². The van der Waals surface area contributed by atoms with Crippen molar-refractivity contribution in [2.24, 2.45) is 0 Å². The number of rotatable bonds is 7. The first-order valence-corrected chi connectivity index (χ1v) is 12.0. The maximum absolute atomic E-state index is 6.20. The topological polar surface area (TPSA) is 49.4 Å². The minimum atomic E-state index is -0.0395. The Balaban J connectivity index is 1.47. The number of halogens is 1. The van der Waals surface area contributed by atoms with Gasteiger partial charge in [-0.3, -0.25) is 9.88 Å². The van der Waals surface area contributed by atoms with Gasteiger partial charge >= 0.3 is 0 Å². The number of anilines is 1. The Kier molecular flexibility index (Phi) is 6.95. The maximum Gasteiger partial charge on any atom is 0.119 e. The molecule has 2 N–H and O–H groups in total. The lowest BCUT2D eigenvalue weighted by Crippen LogP contribution is -2.42. The average Bonchev–Trinajstić information content (AvgIpc) is 2.89. The van der Waals surface area contributed by atoms with Gasteiger partial charge in [0, 0.05) is 55.0 Å². The lowest BCUT2D eigenvalue weighted by molar-refractivity contribution is 0.233. The number of fused-ring (bicyclic) bond motifs is 1. The molecule has 1 fully saturated rings. The van der Waals surface area contributed by atoms with Crippen molar-refractivity contribution in [3.8, 4) is 5.75 Å². The third-order valence-electron chi connectivity index (χ3n) is 6.38. The first-order chi connectivity index (χ1) is 16.7. The van der Waals surface area contributed by atoms with Crippen molar-refractivity contribution >= 4 is 28.2 Å². The molecule has 2 heterocycles. The molecular weight excluding hydrogens is 444 g/mol. The summed E-state index contributed by atoms with van der Waals surface area (Å²) in [6.45, 7) is 5.29. The Morgan fingerprint density at radius 2 is 1.68 bits per heavy atom. The van der Waals surface area contributed by atoms with Crippen LogP contribution in [0.4, 0.5) is 5.69 Å². The summed E-state index contributed by atoms with van der Waals surface area (Å²) >= 11 is 6.20. The van der Waals surface area contributed by atoms with Gasteiger partial charge in [0.15, 0.2) is 0 Å². The predicted octanol–water partition coefficient (Wildman–Crippen LogP) is 5.50. The zero-order chi connectivity index (χ0) is 23.3. The molecule has 0 spiro atoms. The molecule has 0 saturated carbocycles. The molecule has 3 aromatic carbocycles. The van der Waals surface area contributed by atoms with Crippen LogP contribution in [0.1, 0.15) is 22.7 Å². The molecule has 5 nitrogen and oxygen atoms in total. The minimum Gasteiger partial charge on any atom is -0.497 e. The standard InChI is InChI=1S/C28H29ClN4O/c1-34-24-10-11-26-25(18-24)27(12-13-31-26)32-28(22-6-8-23(29)9-7-22)21-4-2-20(3-5-21)19-33-16-14-30-15-17-33/h2-13,18,28,30H,14-17,19H2,1H3,(H,31,32). The largest absolute Gasteiger partial charge is 0.497 e. The Bertz CT molecular complexity index is 1240. The number of piperazine rings is 1. The van der Waals surface area contributed by atoms with E-state index in [9.17, 15) is 0 Å². The van der Waals surface area contributed by atoms with Gasteiger partial charge in [-0.2, -0.15) is 0 Å². The van der Waals surface area contributed by atoms with Crippen LogP contribution in [0.3, 0.4) is 0 Å². The zero-order valence-corrected chi connectivity index (χ0v) is 20.1. The van der Waals surface area contributed by atoms with E-state index < -0.39 is 0 Å². The van der Waals surface area contributed by atoms with Gasteiger partial charge in [0.25, 0.3) is 0 Å². The second-order valence-electron chi connectivity index (χ2n) is 8.64. The van der Waals surface area contributed by atoms with E-state index in [0.29, 0.717) is 0 Å². The van der Waals surface area contributed by atoms with Crippen molar-refractivity contribution in [3.63, 3.8) is 0 Å². The van der Waals surface area contributed by atoms with E-state index >= 15 is 0 Å². The highest BCUT2D eigenvalue weighted by atomic mass is 35.5. The molecule has 0 aliphatic carbocycles. The summed E-state index contributed by atoms with van der Waals surface area (Å²) in [7, 11) is 1.68. The number of benzene rings is 3. The molecule has 1 unspecified atom stereocenters. The van der Waals surface area contributed by atoms with E-state index in [-0.39, 0.29) is 6.04 Å². The molecule has 1 aliphatic rings. The van der Waals surface area contributed by atoms with Gasteiger partial charge in [-0.1, -0.05) is 48.0 Å². The van der Waals surface area contributed by atoms with Crippen LogP contribution in [0.25, 0.3) is 10.9 Å². The Morgan fingerprint density at radius 3 is 2.38 bits per heavy atom.